The Morgan fingerprint density at radius 2 is 2.00 bits per heavy atom. The number of hydrogen-bond donors (Lipinski definition) is 1. The minimum absolute atomic E-state index is 0.0584. The van der Waals surface area contributed by atoms with Crippen molar-refractivity contribution in [1.82, 2.24) is 9.29 Å². The number of benzene rings is 1. The van der Waals surface area contributed by atoms with Gasteiger partial charge in [0.25, 0.3) is 0 Å². The molecular weight excluding hydrogens is 396 g/mol. The number of rotatable bonds is 4. The van der Waals surface area contributed by atoms with Crippen LogP contribution < -0.4 is 0 Å². The van der Waals surface area contributed by atoms with Crippen LogP contribution in [0.4, 0.5) is 17.6 Å². The first kappa shape index (κ1) is 20.1. The zero-order valence-electron chi connectivity index (χ0n) is 13.1. The van der Waals surface area contributed by atoms with Gasteiger partial charge in [-0.3, -0.25) is 4.98 Å². The molecule has 0 fully saturated rings. The van der Waals surface area contributed by atoms with Gasteiger partial charge in [-0.1, -0.05) is 17.7 Å². The van der Waals surface area contributed by atoms with E-state index in [2.05, 4.69) is 4.98 Å². The van der Waals surface area contributed by atoms with E-state index < -0.39 is 33.5 Å². The Hall–Kier alpha value is -2.22. The lowest BCUT2D eigenvalue weighted by atomic mass is 10.1. The second-order valence-corrected chi connectivity index (χ2v) is 7.72. The Morgan fingerprint density at radius 3 is 2.54 bits per heavy atom. The number of nitrogens with zero attached hydrogens (tertiary/aromatic N) is 3. The second kappa shape index (κ2) is 7.19. The summed E-state index contributed by atoms with van der Waals surface area (Å²) < 4.78 is 75.5. The number of nitrogens with one attached hydrogen (secondary N) is 1. The van der Waals surface area contributed by atoms with Crippen LogP contribution >= 0.6 is 11.6 Å². The number of hydrogen-bond acceptors (Lipinski definition) is 4. The molecule has 11 heteroatoms. The van der Waals surface area contributed by atoms with Crippen LogP contribution in [0, 0.1) is 21.9 Å². The molecule has 2 unspecified atom stereocenters. The maximum absolute atomic E-state index is 13.6. The molecule has 0 spiro atoms. The lowest BCUT2D eigenvalue weighted by Crippen LogP contribution is -2.39. The van der Waals surface area contributed by atoms with Gasteiger partial charge in [0.1, 0.15) is 27.8 Å². The Bertz CT molecular complexity index is 972. The fourth-order valence-electron chi connectivity index (χ4n) is 2.23. The van der Waals surface area contributed by atoms with Crippen LogP contribution in [0.2, 0.25) is 5.02 Å². The average molecular weight is 407 g/mol. The van der Waals surface area contributed by atoms with Crippen LogP contribution in [-0.4, -0.2) is 26.7 Å². The van der Waals surface area contributed by atoms with Gasteiger partial charge < -0.3 is 0 Å². The van der Waals surface area contributed by atoms with Crippen molar-refractivity contribution in [2.24, 2.45) is 0 Å². The summed E-state index contributed by atoms with van der Waals surface area (Å²) >= 11 is 5.50. The van der Waals surface area contributed by atoms with Crippen molar-refractivity contribution in [3.05, 3.63) is 58.6 Å². The molecule has 0 saturated heterocycles. The fraction of sp³-hybridized carbons (Fsp3) is 0.200. The third-order valence-corrected chi connectivity index (χ3v) is 5.69. The minimum Gasteiger partial charge on any atom is -0.262 e. The molecule has 138 valence electrons. The van der Waals surface area contributed by atoms with Crippen LogP contribution in [0.25, 0.3) is 0 Å². The normalized spacial score (nSPS) is 15.3. The van der Waals surface area contributed by atoms with Gasteiger partial charge in [-0.25, -0.2) is 17.7 Å². The lowest BCUT2D eigenvalue weighted by Gasteiger charge is -2.31. The van der Waals surface area contributed by atoms with Crippen LogP contribution in [0.1, 0.15) is 17.2 Å². The smallest absolute Gasteiger partial charge is 0.262 e. The summed E-state index contributed by atoms with van der Waals surface area (Å²) in [6, 6.07) is 2.66. The molecule has 1 N–H and O–H groups in total. The Balaban J connectivity index is 2.57. The van der Waals surface area contributed by atoms with E-state index in [-0.39, 0.29) is 19.8 Å². The zero-order valence-corrected chi connectivity index (χ0v) is 14.7. The van der Waals surface area contributed by atoms with E-state index in [0.29, 0.717) is 6.07 Å². The Labute approximate surface area is 151 Å². The van der Waals surface area contributed by atoms with E-state index in [0.717, 1.165) is 37.6 Å². The largest absolute Gasteiger partial charge is 0.409 e. The third kappa shape index (κ3) is 3.95. The van der Waals surface area contributed by atoms with Gasteiger partial charge in [-0.2, -0.15) is 18.4 Å². The number of aromatic nitrogens is 1. The molecule has 5 nitrogen and oxygen atoms in total. The van der Waals surface area contributed by atoms with Gasteiger partial charge in [0.05, 0.1) is 15.5 Å². The highest BCUT2D eigenvalue weighted by molar-refractivity contribution is 7.90. The first-order chi connectivity index (χ1) is 12.0. The highest BCUT2D eigenvalue weighted by Gasteiger charge is 2.47. The Morgan fingerprint density at radius 1 is 1.35 bits per heavy atom. The zero-order chi connectivity index (χ0) is 19.7. The summed E-state index contributed by atoms with van der Waals surface area (Å²) in [7, 11) is -3.35. The summed E-state index contributed by atoms with van der Waals surface area (Å²) in [6.45, 7) is 0. The van der Waals surface area contributed by atoms with Crippen molar-refractivity contribution in [2.45, 2.75) is 17.1 Å². The van der Waals surface area contributed by atoms with Crippen LogP contribution in [0.5, 0.6) is 0 Å². The number of pyridine rings is 1. The Kier molecular flexibility index (Phi) is 5.55. The standard InChI is InChI=1S/C15H11ClF4N4OS/c1-24(26(22,25)11-4-9(6-21)7-23-8-11)14(15(18,19)20)10-2-3-12(16)13(17)5-10/h2-5,7-8,14,22H,1H3. The van der Waals surface area contributed by atoms with Crippen molar-refractivity contribution in [2.75, 3.05) is 7.05 Å². The number of nitriles is 1. The fourth-order valence-corrected chi connectivity index (χ4v) is 3.71. The van der Waals surface area contributed by atoms with Crippen molar-refractivity contribution >= 4 is 21.5 Å². The SMILES string of the molecule is CN(C(c1ccc(Cl)c(F)c1)C(F)(F)F)S(=N)(=O)c1cncc(C#N)c1. The van der Waals surface area contributed by atoms with Crippen molar-refractivity contribution in [3.8, 4) is 6.07 Å². The molecule has 0 amide bonds. The lowest BCUT2D eigenvalue weighted by molar-refractivity contribution is -0.170. The molecule has 0 bridgehead atoms. The molecular formula is C15H11ClF4N4OS. The topological polar surface area (TPSA) is 80.8 Å². The molecule has 26 heavy (non-hydrogen) atoms. The summed E-state index contributed by atoms with van der Waals surface area (Å²) in [4.78, 5) is 3.24. The van der Waals surface area contributed by atoms with E-state index in [1.54, 1.807) is 6.07 Å². The second-order valence-electron chi connectivity index (χ2n) is 5.21. The molecule has 1 heterocycles. The van der Waals surface area contributed by atoms with E-state index in [1.807, 2.05) is 0 Å². The van der Waals surface area contributed by atoms with Gasteiger partial charge in [0.2, 0.25) is 0 Å². The first-order valence-electron chi connectivity index (χ1n) is 6.87. The summed E-state index contributed by atoms with van der Waals surface area (Å²) in [5.74, 6) is -1.07. The first-order valence-corrected chi connectivity index (χ1v) is 8.76. The molecule has 1 aromatic heterocycles. The van der Waals surface area contributed by atoms with Crippen LogP contribution in [0.15, 0.2) is 41.6 Å². The maximum Gasteiger partial charge on any atom is 0.409 e. The molecule has 1 aromatic carbocycles. The van der Waals surface area contributed by atoms with Crippen molar-refractivity contribution in [1.29, 1.82) is 10.0 Å². The van der Waals surface area contributed by atoms with Gasteiger partial charge in [-0.05, 0) is 23.8 Å². The number of halogens is 5. The number of alkyl halides is 3. The molecule has 0 aliphatic carbocycles. The van der Waals surface area contributed by atoms with E-state index in [9.17, 15) is 21.8 Å². The van der Waals surface area contributed by atoms with Gasteiger partial charge in [-0.15, -0.1) is 0 Å². The predicted molar refractivity (Wildman–Crippen MR) is 86.0 cm³/mol. The van der Waals surface area contributed by atoms with Gasteiger partial charge in [0.15, 0.2) is 0 Å². The van der Waals surface area contributed by atoms with Crippen molar-refractivity contribution < 1.29 is 21.8 Å². The predicted octanol–water partition coefficient (Wildman–Crippen LogP) is 4.30. The molecule has 0 saturated carbocycles. The summed E-state index contributed by atoms with van der Waals surface area (Å²) in [6.07, 6.45) is -2.89. The van der Waals surface area contributed by atoms with E-state index in [4.69, 9.17) is 21.6 Å². The van der Waals surface area contributed by atoms with Gasteiger partial charge in [0, 0.05) is 19.4 Å². The van der Waals surface area contributed by atoms with E-state index in [1.165, 1.54) is 0 Å². The summed E-state index contributed by atoms with van der Waals surface area (Å²) in [5, 5.41) is 8.48. The molecule has 2 atom stereocenters. The quantitative estimate of drug-likeness (QED) is 0.768. The molecule has 2 rings (SSSR count). The summed E-state index contributed by atoms with van der Waals surface area (Å²) in [5.41, 5.74) is -0.622. The van der Waals surface area contributed by atoms with Gasteiger partial charge >= 0.3 is 6.18 Å². The van der Waals surface area contributed by atoms with Crippen molar-refractivity contribution in [3.63, 3.8) is 0 Å². The molecule has 2 aromatic rings. The third-order valence-electron chi connectivity index (χ3n) is 3.50. The maximum atomic E-state index is 13.6. The molecule has 0 aliphatic heterocycles. The van der Waals surface area contributed by atoms with Crippen LogP contribution in [-0.2, 0) is 9.92 Å². The minimum atomic E-state index is -4.96. The highest BCUT2D eigenvalue weighted by atomic mass is 35.5. The van der Waals surface area contributed by atoms with Crippen LogP contribution in [0.3, 0.4) is 0 Å². The molecule has 0 radical (unpaired) electrons. The monoisotopic (exact) mass is 406 g/mol. The van der Waals surface area contributed by atoms with E-state index >= 15 is 0 Å². The molecule has 0 aliphatic rings. The average Bonchev–Trinajstić information content (AvgIpc) is 2.57. The highest BCUT2D eigenvalue weighted by Crippen LogP contribution is 2.40.